The SMILES string of the molecule is COc1ccc(OC[C@H]2CNC[C@@H](COc3ccc(OC)cc3)C2c2ccc(OCCCOCc3ccccc3)cc2)cc1. The second kappa shape index (κ2) is 16.6. The summed E-state index contributed by atoms with van der Waals surface area (Å²) in [5.41, 5.74) is 2.44. The van der Waals surface area contributed by atoms with Gasteiger partial charge in [-0.25, -0.2) is 0 Å². The van der Waals surface area contributed by atoms with Gasteiger partial charge in [-0.2, -0.15) is 0 Å². The van der Waals surface area contributed by atoms with Crippen LogP contribution in [0.1, 0.15) is 23.5 Å². The van der Waals surface area contributed by atoms with Crippen LogP contribution < -0.4 is 29.0 Å². The summed E-state index contributed by atoms with van der Waals surface area (Å²) in [6, 6.07) is 34.3. The van der Waals surface area contributed by atoms with E-state index in [0.29, 0.717) is 33.0 Å². The average molecular weight is 598 g/mol. The number of methoxy groups -OCH3 is 2. The molecule has 232 valence electrons. The minimum atomic E-state index is 0.244. The van der Waals surface area contributed by atoms with Crippen LogP contribution in [0.4, 0.5) is 0 Å². The lowest BCUT2D eigenvalue weighted by atomic mass is 9.74. The zero-order chi connectivity index (χ0) is 30.4. The summed E-state index contributed by atoms with van der Waals surface area (Å²) in [5.74, 6) is 4.90. The van der Waals surface area contributed by atoms with Crippen molar-refractivity contribution in [2.75, 3.05) is 53.7 Å². The molecule has 1 N–H and O–H groups in total. The fourth-order valence-corrected chi connectivity index (χ4v) is 5.61. The number of hydrogen-bond donors (Lipinski definition) is 1. The van der Waals surface area contributed by atoms with E-state index in [9.17, 15) is 0 Å². The average Bonchev–Trinajstić information content (AvgIpc) is 3.09. The van der Waals surface area contributed by atoms with Gasteiger partial charge in [0.15, 0.2) is 0 Å². The zero-order valence-electron chi connectivity index (χ0n) is 25.7. The smallest absolute Gasteiger partial charge is 0.119 e. The maximum atomic E-state index is 6.28. The molecule has 1 unspecified atom stereocenters. The molecule has 1 aliphatic rings. The molecule has 1 heterocycles. The summed E-state index contributed by atoms with van der Waals surface area (Å²) in [6.07, 6.45) is 0.832. The quantitative estimate of drug-likeness (QED) is 0.143. The molecule has 0 aromatic heterocycles. The van der Waals surface area contributed by atoms with Gasteiger partial charge in [-0.1, -0.05) is 42.5 Å². The van der Waals surface area contributed by atoms with Crippen LogP contribution in [0, 0.1) is 11.8 Å². The Morgan fingerprint density at radius 2 is 1.07 bits per heavy atom. The highest BCUT2D eigenvalue weighted by Crippen LogP contribution is 2.37. The van der Waals surface area contributed by atoms with E-state index in [0.717, 1.165) is 48.3 Å². The van der Waals surface area contributed by atoms with Gasteiger partial charge in [-0.15, -0.1) is 0 Å². The van der Waals surface area contributed by atoms with Gasteiger partial charge in [-0.05, 0) is 77.7 Å². The van der Waals surface area contributed by atoms with Crippen molar-refractivity contribution in [2.45, 2.75) is 18.9 Å². The molecule has 0 bridgehead atoms. The third kappa shape index (κ3) is 9.15. The van der Waals surface area contributed by atoms with Crippen molar-refractivity contribution < 1.29 is 28.4 Å². The lowest BCUT2D eigenvalue weighted by molar-refractivity contribution is 0.107. The van der Waals surface area contributed by atoms with E-state index >= 15 is 0 Å². The van der Waals surface area contributed by atoms with Crippen molar-refractivity contribution >= 4 is 0 Å². The van der Waals surface area contributed by atoms with E-state index in [1.54, 1.807) is 14.2 Å². The summed E-state index contributed by atoms with van der Waals surface area (Å²) in [7, 11) is 3.33. The van der Waals surface area contributed by atoms with Crippen molar-refractivity contribution in [3.8, 4) is 28.7 Å². The van der Waals surface area contributed by atoms with Crippen molar-refractivity contribution in [3.05, 3.63) is 114 Å². The molecule has 0 radical (unpaired) electrons. The lowest BCUT2D eigenvalue weighted by Crippen LogP contribution is -2.46. The van der Waals surface area contributed by atoms with Crippen LogP contribution in [-0.4, -0.2) is 53.7 Å². The first-order valence-corrected chi connectivity index (χ1v) is 15.3. The third-order valence-corrected chi connectivity index (χ3v) is 7.95. The third-order valence-electron chi connectivity index (χ3n) is 7.95. The van der Waals surface area contributed by atoms with Crippen molar-refractivity contribution in [3.63, 3.8) is 0 Å². The van der Waals surface area contributed by atoms with Crippen LogP contribution in [0.15, 0.2) is 103 Å². The van der Waals surface area contributed by atoms with E-state index in [-0.39, 0.29) is 17.8 Å². The molecule has 4 aromatic carbocycles. The fraction of sp³-hybridized carbons (Fsp3) is 0.351. The van der Waals surface area contributed by atoms with Gasteiger partial charge in [0.2, 0.25) is 0 Å². The minimum absolute atomic E-state index is 0.244. The standard InChI is InChI=1S/C37H43NO6/c1-39-32-13-17-35(18-14-32)43-26-30-23-38-24-31(27-44-36-19-15-33(40-2)16-20-36)37(30)29-9-11-34(12-10-29)42-22-6-21-41-25-28-7-4-3-5-8-28/h3-5,7-20,30-31,37-38H,6,21-27H2,1-2H3/t30-,31+,37?. The van der Waals surface area contributed by atoms with E-state index in [1.165, 1.54) is 11.1 Å². The minimum Gasteiger partial charge on any atom is -0.497 e. The Balaban J connectivity index is 1.20. The molecule has 7 heteroatoms. The summed E-state index contributed by atoms with van der Waals surface area (Å²) in [4.78, 5) is 0. The molecule has 7 nitrogen and oxygen atoms in total. The molecule has 0 saturated carbocycles. The van der Waals surface area contributed by atoms with Gasteiger partial charge < -0.3 is 33.7 Å². The highest BCUT2D eigenvalue weighted by Gasteiger charge is 2.35. The Morgan fingerprint density at radius 1 is 0.568 bits per heavy atom. The molecule has 4 aromatic rings. The monoisotopic (exact) mass is 597 g/mol. The van der Waals surface area contributed by atoms with Crippen LogP contribution >= 0.6 is 0 Å². The van der Waals surface area contributed by atoms with Crippen LogP contribution in [-0.2, 0) is 11.3 Å². The van der Waals surface area contributed by atoms with E-state index in [2.05, 4.69) is 41.7 Å². The lowest BCUT2D eigenvalue weighted by Gasteiger charge is -2.39. The molecule has 3 atom stereocenters. The van der Waals surface area contributed by atoms with Gasteiger partial charge in [0, 0.05) is 31.3 Å². The van der Waals surface area contributed by atoms with Gasteiger partial charge in [0.1, 0.15) is 28.7 Å². The Bertz CT molecular complexity index is 1300. The summed E-state index contributed by atoms with van der Waals surface area (Å²) in [5, 5.41) is 3.62. The molecule has 0 spiro atoms. The highest BCUT2D eigenvalue weighted by atomic mass is 16.5. The molecule has 44 heavy (non-hydrogen) atoms. The Kier molecular flexibility index (Phi) is 11.8. The summed E-state index contributed by atoms with van der Waals surface area (Å²) >= 11 is 0. The van der Waals surface area contributed by atoms with E-state index < -0.39 is 0 Å². The number of rotatable bonds is 16. The second-order valence-corrected chi connectivity index (χ2v) is 11.0. The maximum Gasteiger partial charge on any atom is 0.119 e. The molecule has 1 aliphatic heterocycles. The first-order chi connectivity index (χ1) is 21.7. The number of nitrogens with one attached hydrogen (secondary N) is 1. The molecule has 0 amide bonds. The predicted octanol–water partition coefficient (Wildman–Crippen LogP) is 6.77. The van der Waals surface area contributed by atoms with Crippen LogP contribution in [0.5, 0.6) is 28.7 Å². The Labute approximate surface area is 261 Å². The number of hydrogen-bond acceptors (Lipinski definition) is 7. The van der Waals surface area contributed by atoms with Crippen LogP contribution in [0.2, 0.25) is 0 Å². The Hall–Kier alpha value is -4.20. The summed E-state index contributed by atoms with van der Waals surface area (Å²) < 4.78 is 35.0. The molecule has 5 rings (SSSR count). The van der Waals surface area contributed by atoms with Crippen molar-refractivity contribution in [1.29, 1.82) is 0 Å². The molecular weight excluding hydrogens is 554 g/mol. The maximum absolute atomic E-state index is 6.28. The number of benzene rings is 4. The van der Waals surface area contributed by atoms with Crippen LogP contribution in [0.3, 0.4) is 0 Å². The fourth-order valence-electron chi connectivity index (χ4n) is 5.61. The first-order valence-electron chi connectivity index (χ1n) is 15.3. The van der Waals surface area contributed by atoms with E-state index in [4.69, 9.17) is 28.4 Å². The van der Waals surface area contributed by atoms with Gasteiger partial charge in [0.05, 0.1) is 47.3 Å². The topological polar surface area (TPSA) is 67.4 Å². The number of ether oxygens (including phenoxy) is 6. The first kappa shape index (κ1) is 31.2. The molecule has 1 fully saturated rings. The highest BCUT2D eigenvalue weighted by molar-refractivity contribution is 5.33. The normalized spacial score (nSPS) is 17.9. The van der Waals surface area contributed by atoms with Crippen molar-refractivity contribution in [1.82, 2.24) is 5.32 Å². The van der Waals surface area contributed by atoms with Crippen LogP contribution in [0.25, 0.3) is 0 Å². The number of piperidine rings is 1. The van der Waals surface area contributed by atoms with Gasteiger partial charge in [-0.3, -0.25) is 0 Å². The molecular formula is C37H43NO6. The Morgan fingerprint density at radius 3 is 1.61 bits per heavy atom. The zero-order valence-corrected chi connectivity index (χ0v) is 25.7. The van der Waals surface area contributed by atoms with Crippen molar-refractivity contribution in [2.24, 2.45) is 11.8 Å². The molecule has 1 saturated heterocycles. The second-order valence-electron chi connectivity index (χ2n) is 11.0. The summed E-state index contributed by atoms with van der Waals surface area (Å²) in [6.45, 7) is 4.79. The largest absolute Gasteiger partial charge is 0.497 e. The molecule has 0 aliphatic carbocycles. The predicted molar refractivity (Wildman–Crippen MR) is 172 cm³/mol. The van der Waals surface area contributed by atoms with E-state index in [1.807, 2.05) is 66.7 Å². The van der Waals surface area contributed by atoms with Gasteiger partial charge >= 0.3 is 0 Å². The van der Waals surface area contributed by atoms with Gasteiger partial charge in [0.25, 0.3) is 0 Å².